The number of halogens is 2. The maximum absolute atomic E-state index is 5.70. The molecular formula is C13H13BrClNOS. The first-order valence-corrected chi connectivity index (χ1v) is 7.80. The van der Waals surface area contributed by atoms with Crippen LogP contribution in [-0.2, 0) is 23.6 Å². The molecule has 2 nitrogen and oxygen atoms in total. The van der Waals surface area contributed by atoms with Crippen molar-refractivity contribution in [2.75, 3.05) is 6.61 Å². The molecule has 0 bridgehead atoms. The van der Waals surface area contributed by atoms with E-state index < -0.39 is 0 Å². The first-order valence-electron chi connectivity index (χ1n) is 5.59. The average Bonchev–Trinajstić information content (AvgIpc) is 2.83. The van der Waals surface area contributed by atoms with E-state index in [9.17, 15) is 0 Å². The highest BCUT2D eigenvalue weighted by molar-refractivity contribution is 9.10. The molecule has 1 heterocycles. The van der Waals surface area contributed by atoms with E-state index in [0.29, 0.717) is 19.1 Å². The topological polar surface area (TPSA) is 22.1 Å². The van der Waals surface area contributed by atoms with Crippen LogP contribution in [0.25, 0.3) is 0 Å². The molecule has 0 saturated carbocycles. The number of hydrogen-bond donors (Lipinski definition) is 0. The number of hydrogen-bond acceptors (Lipinski definition) is 3. The number of rotatable bonds is 6. The summed E-state index contributed by atoms with van der Waals surface area (Å²) in [6, 6.07) is 8.14. The van der Waals surface area contributed by atoms with Gasteiger partial charge in [0.15, 0.2) is 0 Å². The van der Waals surface area contributed by atoms with Gasteiger partial charge in [0.1, 0.15) is 0 Å². The van der Waals surface area contributed by atoms with Crippen molar-refractivity contribution >= 4 is 38.9 Å². The first kappa shape index (κ1) is 14.0. The molecule has 96 valence electrons. The van der Waals surface area contributed by atoms with Crippen LogP contribution in [0.1, 0.15) is 16.3 Å². The number of thiazole rings is 1. The summed E-state index contributed by atoms with van der Waals surface area (Å²) in [6.07, 6.45) is 0.843. The van der Waals surface area contributed by atoms with E-state index in [-0.39, 0.29) is 0 Å². The Bertz CT molecular complexity index is 503. The molecule has 2 rings (SSSR count). The van der Waals surface area contributed by atoms with E-state index in [1.54, 1.807) is 11.3 Å². The van der Waals surface area contributed by atoms with Crippen molar-refractivity contribution in [3.05, 3.63) is 50.4 Å². The van der Waals surface area contributed by atoms with Gasteiger partial charge in [-0.2, -0.15) is 0 Å². The van der Waals surface area contributed by atoms with Gasteiger partial charge in [-0.05, 0) is 17.7 Å². The molecule has 0 aliphatic carbocycles. The smallest absolute Gasteiger partial charge is 0.0951 e. The summed E-state index contributed by atoms with van der Waals surface area (Å²) >= 11 is 10.8. The fraction of sp³-hybridized carbons (Fsp3) is 0.308. The molecule has 0 amide bonds. The predicted molar refractivity (Wildman–Crippen MR) is 79.2 cm³/mol. The summed E-state index contributed by atoms with van der Waals surface area (Å²) in [4.78, 5) is 4.39. The van der Waals surface area contributed by atoms with Gasteiger partial charge in [-0.1, -0.05) is 28.1 Å². The normalized spacial score (nSPS) is 10.8. The van der Waals surface area contributed by atoms with Gasteiger partial charge in [-0.3, -0.25) is 0 Å². The molecule has 0 saturated heterocycles. The van der Waals surface area contributed by atoms with Gasteiger partial charge in [-0.15, -0.1) is 22.9 Å². The largest absolute Gasteiger partial charge is 0.376 e. The minimum atomic E-state index is 0.482. The average molecular weight is 347 g/mol. The number of alkyl halides is 1. The summed E-state index contributed by atoms with van der Waals surface area (Å²) in [7, 11) is 0. The first-order chi connectivity index (χ1) is 8.78. The van der Waals surface area contributed by atoms with Crippen molar-refractivity contribution in [1.82, 2.24) is 4.98 Å². The maximum atomic E-state index is 5.70. The van der Waals surface area contributed by atoms with Crippen molar-refractivity contribution in [2.45, 2.75) is 18.9 Å². The lowest BCUT2D eigenvalue weighted by molar-refractivity contribution is 0.124. The SMILES string of the molecule is ClCc1csc(CCOCc2cccc(Br)c2)n1. The van der Waals surface area contributed by atoms with Crippen LogP contribution in [0, 0.1) is 0 Å². The summed E-state index contributed by atoms with van der Waals surface area (Å²) in [5, 5.41) is 3.08. The minimum absolute atomic E-state index is 0.482. The van der Waals surface area contributed by atoms with E-state index in [4.69, 9.17) is 16.3 Å². The molecule has 0 spiro atoms. The fourth-order valence-electron chi connectivity index (χ4n) is 1.50. The highest BCUT2D eigenvalue weighted by Gasteiger charge is 2.01. The Hall–Kier alpha value is -0.420. The van der Waals surface area contributed by atoms with Gasteiger partial charge in [-0.25, -0.2) is 4.98 Å². The number of benzene rings is 1. The van der Waals surface area contributed by atoms with Crippen molar-refractivity contribution in [1.29, 1.82) is 0 Å². The lowest BCUT2D eigenvalue weighted by Crippen LogP contribution is -1.99. The molecule has 0 atom stereocenters. The van der Waals surface area contributed by atoms with E-state index in [2.05, 4.69) is 33.0 Å². The van der Waals surface area contributed by atoms with Crippen molar-refractivity contribution in [3.63, 3.8) is 0 Å². The monoisotopic (exact) mass is 345 g/mol. The van der Waals surface area contributed by atoms with Gasteiger partial charge < -0.3 is 4.74 Å². The molecule has 1 aromatic carbocycles. The van der Waals surface area contributed by atoms with Gasteiger partial charge >= 0.3 is 0 Å². The van der Waals surface area contributed by atoms with Crippen molar-refractivity contribution < 1.29 is 4.74 Å². The molecule has 2 aromatic rings. The van der Waals surface area contributed by atoms with E-state index in [1.165, 1.54) is 5.56 Å². The van der Waals surface area contributed by atoms with Gasteiger partial charge in [0.05, 0.1) is 29.8 Å². The van der Waals surface area contributed by atoms with Crippen LogP contribution in [0.3, 0.4) is 0 Å². The van der Waals surface area contributed by atoms with Gasteiger partial charge in [0, 0.05) is 16.3 Å². The molecule has 0 aliphatic rings. The Labute approximate surface area is 124 Å². The Balaban J connectivity index is 1.72. The Kier molecular flexibility index (Phi) is 5.63. The quantitative estimate of drug-likeness (QED) is 0.571. The maximum Gasteiger partial charge on any atom is 0.0951 e. The molecule has 5 heteroatoms. The van der Waals surface area contributed by atoms with Gasteiger partial charge in [0.2, 0.25) is 0 Å². The molecule has 0 fully saturated rings. The lowest BCUT2D eigenvalue weighted by Gasteiger charge is -2.03. The van der Waals surface area contributed by atoms with Crippen LogP contribution in [0.5, 0.6) is 0 Å². The van der Waals surface area contributed by atoms with Crippen LogP contribution >= 0.6 is 38.9 Å². The van der Waals surface area contributed by atoms with Crippen LogP contribution in [0.2, 0.25) is 0 Å². The molecule has 0 unspecified atom stereocenters. The lowest BCUT2D eigenvalue weighted by atomic mass is 10.2. The predicted octanol–water partition coefficient (Wildman–Crippen LogP) is 4.40. The zero-order valence-corrected chi connectivity index (χ0v) is 12.9. The number of ether oxygens (including phenoxy) is 1. The van der Waals surface area contributed by atoms with E-state index >= 15 is 0 Å². The van der Waals surface area contributed by atoms with Crippen molar-refractivity contribution in [2.24, 2.45) is 0 Å². The standard InChI is InChI=1S/C13H13BrClNOS/c14-11-3-1-2-10(6-11)8-17-5-4-13-16-12(7-15)9-18-13/h1-3,6,9H,4-5,7-8H2. The van der Waals surface area contributed by atoms with Crippen LogP contribution in [-0.4, -0.2) is 11.6 Å². The fourth-order valence-corrected chi connectivity index (χ4v) is 2.96. The second-order valence-electron chi connectivity index (χ2n) is 3.80. The van der Waals surface area contributed by atoms with Crippen LogP contribution in [0.4, 0.5) is 0 Å². The molecule has 0 radical (unpaired) electrons. The summed E-state index contributed by atoms with van der Waals surface area (Å²) in [6.45, 7) is 1.31. The van der Waals surface area contributed by atoms with E-state index in [1.807, 2.05) is 17.5 Å². The number of aromatic nitrogens is 1. The Morgan fingerprint density at radius 3 is 3.00 bits per heavy atom. The third-order valence-electron chi connectivity index (χ3n) is 2.35. The molecule has 18 heavy (non-hydrogen) atoms. The number of nitrogens with zero attached hydrogens (tertiary/aromatic N) is 1. The molecule has 1 aromatic heterocycles. The van der Waals surface area contributed by atoms with Crippen LogP contribution in [0.15, 0.2) is 34.1 Å². The molecular weight excluding hydrogens is 334 g/mol. The van der Waals surface area contributed by atoms with Crippen molar-refractivity contribution in [3.8, 4) is 0 Å². The summed E-state index contributed by atoms with van der Waals surface area (Å²) in [5.41, 5.74) is 2.12. The Morgan fingerprint density at radius 1 is 1.39 bits per heavy atom. The Morgan fingerprint density at radius 2 is 2.28 bits per heavy atom. The second-order valence-corrected chi connectivity index (χ2v) is 5.92. The minimum Gasteiger partial charge on any atom is -0.376 e. The third-order valence-corrected chi connectivity index (χ3v) is 4.08. The molecule has 0 N–H and O–H groups in total. The second kappa shape index (κ2) is 7.24. The third kappa shape index (κ3) is 4.35. The van der Waals surface area contributed by atoms with Crippen LogP contribution < -0.4 is 0 Å². The highest BCUT2D eigenvalue weighted by Crippen LogP contribution is 2.14. The van der Waals surface area contributed by atoms with E-state index in [0.717, 1.165) is 21.6 Å². The summed E-state index contributed by atoms with van der Waals surface area (Å²) < 4.78 is 6.71. The zero-order chi connectivity index (χ0) is 12.8. The summed E-state index contributed by atoms with van der Waals surface area (Å²) in [5.74, 6) is 0.482. The van der Waals surface area contributed by atoms with Gasteiger partial charge in [0.25, 0.3) is 0 Å². The zero-order valence-electron chi connectivity index (χ0n) is 9.73. The highest BCUT2D eigenvalue weighted by atomic mass is 79.9. The molecule has 0 aliphatic heterocycles.